The van der Waals surface area contributed by atoms with Gasteiger partial charge in [0, 0.05) is 30.2 Å². The Labute approximate surface area is 119 Å². The van der Waals surface area contributed by atoms with E-state index in [4.69, 9.17) is 15.9 Å². The van der Waals surface area contributed by atoms with Crippen LogP contribution in [0.15, 0.2) is 29.5 Å². The molecule has 1 aromatic carbocycles. The first-order chi connectivity index (χ1) is 9.45. The van der Waals surface area contributed by atoms with E-state index in [0.717, 1.165) is 11.3 Å². The molecule has 20 heavy (non-hydrogen) atoms. The lowest BCUT2D eigenvalue weighted by molar-refractivity contribution is 0.296. The topological polar surface area (TPSA) is 71.1 Å². The number of nitrogens with two attached hydrogens (primary N) is 1. The van der Waals surface area contributed by atoms with Crippen molar-refractivity contribution in [1.29, 1.82) is 5.41 Å². The molecule has 0 aliphatic carbocycles. The number of benzene rings is 1. The molecule has 5 heteroatoms. The number of hydrogen-bond acceptors (Lipinski definition) is 4. The third-order valence-electron chi connectivity index (χ3n) is 2.98. The molecule has 0 fully saturated rings. The van der Waals surface area contributed by atoms with Crippen molar-refractivity contribution in [3.8, 4) is 5.75 Å². The number of allylic oxidation sites excluding steroid dienone is 2. The van der Waals surface area contributed by atoms with Crippen LogP contribution >= 0.6 is 0 Å². The fourth-order valence-electron chi connectivity index (χ4n) is 1.88. The molecular formula is C15H22FN3O. The van der Waals surface area contributed by atoms with Gasteiger partial charge in [0.1, 0.15) is 0 Å². The van der Waals surface area contributed by atoms with E-state index in [1.807, 2.05) is 0 Å². The van der Waals surface area contributed by atoms with Crippen LogP contribution in [-0.4, -0.2) is 19.4 Å². The number of hydrogen-bond donors (Lipinski definition) is 3. The second kappa shape index (κ2) is 7.53. The number of rotatable bonds is 7. The normalized spacial score (nSPS) is 11.8. The SMILES string of the molecule is CNc1ccc(F)c(OCCC/C(C(C)=N)=C(\C)N)c1. The van der Waals surface area contributed by atoms with E-state index >= 15 is 0 Å². The summed E-state index contributed by atoms with van der Waals surface area (Å²) in [5.41, 5.74) is 8.47. The van der Waals surface area contributed by atoms with E-state index < -0.39 is 0 Å². The molecule has 0 atom stereocenters. The van der Waals surface area contributed by atoms with Crippen LogP contribution in [-0.2, 0) is 0 Å². The van der Waals surface area contributed by atoms with Crippen LogP contribution in [0.1, 0.15) is 26.7 Å². The molecule has 1 rings (SSSR count). The summed E-state index contributed by atoms with van der Waals surface area (Å²) >= 11 is 0. The summed E-state index contributed by atoms with van der Waals surface area (Å²) in [6.07, 6.45) is 1.34. The molecule has 0 radical (unpaired) electrons. The van der Waals surface area contributed by atoms with E-state index in [-0.39, 0.29) is 11.6 Å². The second-order valence-electron chi connectivity index (χ2n) is 4.63. The quantitative estimate of drug-likeness (QED) is 0.529. The number of anilines is 1. The molecule has 1 aromatic rings. The van der Waals surface area contributed by atoms with Gasteiger partial charge in [-0.3, -0.25) is 0 Å². The lowest BCUT2D eigenvalue weighted by Crippen LogP contribution is -2.08. The summed E-state index contributed by atoms with van der Waals surface area (Å²) in [4.78, 5) is 0. The first kappa shape index (κ1) is 16.0. The zero-order valence-electron chi connectivity index (χ0n) is 12.2. The van der Waals surface area contributed by atoms with E-state index in [2.05, 4.69) is 5.32 Å². The van der Waals surface area contributed by atoms with Crippen molar-refractivity contribution in [3.05, 3.63) is 35.3 Å². The molecule has 0 aromatic heterocycles. The lowest BCUT2D eigenvalue weighted by Gasteiger charge is -2.11. The zero-order valence-corrected chi connectivity index (χ0v) is 12.2. The van der Waals surface area contributed by atoms with E-state index in [1.54, 1.807) is 33.0 Å². The van der Waals surface area contributed by atoms with Gasteiger partial charge in [0.2, 0.25) is 0 Å². The Morgan fingerprint density at radius 1 is 1.40 bits per heavy atom. The van der Waals surface area contributed by atoms with Crippen LogP contribution in [0, 0.1) is 11.2 Å². The number of halogens is 1. The monoisotopic (exact) mass is 279 g/mol. The van der Waals surface area contributed by atoms with Crippen molar-refractivity contribution in [2.24, 2.45) is 5.73 Å². The predicted octanol–water partition coefficient (Wildman–Crippen LogP) is 3.30. The fourth-order valence-corrected chi connectivity index (χ4v) is 1.88. The van der Waals surface area contributed by atoms with Crippen molar-refractivity contribution < 1.29 is 9.13 Å². The van der Waals surface area contributed by atoms with Crippen molar-refractivity contribution in [3.63, 3.8) is 0 Å². The van der Waals surface area contributed by atoms with Crippen molar-refractivity contribution >= 4 is 11.4 Å². The Balaban J connectivity index is 2.53. The van der Waals surface area contributed by atoms with Gasteiger partial charge >= 0.3 is 0 Å². The molecule has 0 amide bonds. The molecule has 110 valence electrons. The van der Waals surface area contributed by atoms with Crippen LogP contribution in [0.2, 0.25) is 0 Å². The molecular weight excluding hydrogens is 257 g/mol. The van der Waals surface area contributed by atoms with Crippen LogP contribution in [0.5, 0.6) is 5.75 Å². The second-order valence-corrected chi connectivity index (χ2v) is 4.63. The van der Waals surface area contributed by atoms with Crippen molar-refractivity contribution in [1.82, 2.24) is 0 Å². The Bertz CT molecular complexity index is 508. The fraction of sp³-hybridized carbons (Fsp3) is 0.400. The van der Waals surface area contributed by atoms with Gasteiger partial charge in [0.05, 0.1) is 6.61 Å². The molecule has 0 spiro atoms. The average molecular weight is 279 g/mol. The van der Waals surface area contributed by atoms with Crippen molar-refractivity contribution in [2.75, 3.05) is 19.0 Å². The minimum Gasteiger partial charge on any atom is -0.490 e. The summed E-state index contributed by atoms with van der Waals surface area (Å²) in [6, 6.07) is 4.65. The highest BCUT2D eigenvalue weighted by atomic mass is 19.1. The smallest absolute Gasteiger partial charge is 0.165 e. The molecule has 0 saturated heterocycles. The molecule has 0 heterocycles. The van der Waals surface area contributed by atoms with Crippen molar-refractivity contribution in [2.45, 2.75) is 26.7 Å². The predicted molar refractivity (Wildman–Crippen MR) is 81.0 cm³/mol. The van der Waals surface area contributed by atoms with Crippen LogP contribution < -0.4 is 15.8 Å². The number of ether oxygens (including phenoxy) is 1. The highest BCUT2D eigenvalue weighted by molar-refractivity contribution is 5.96. The zero-order chi connectivity index (χ0) is 15.1. The maximum absolute atomic E-state index is 13.5. The van der Waals surface area contributed by atoms with Crippen LogP contribution in [0.4, 0.5) is 10.1 Å². The Morgan fingerprint density at radius 2 is 2.10 bits per heavy atom. The standard InChI is InChI=1S/C15H22FN3O/c1-10(17)13(11(2)18)5-4-8-20-15-9-12(19-3)6-7-14(15)16/h6-7,9,17,19H,4-5,8,18H2,1-3H3/b13-11-,17-10?. The van der Waals surface area contributed by atoms with Gasteiger partial charge in [-0.2, -0.15) is 0 Å². The van der Waals surface area contributed by atoms with Gasteiger partial charge in [-0.25, -0.2) is 4.39 Å². The van der Waals surface area contributed by atoms with Gasteiger partial charge in [-0.15, -0.1) is 0 Å². The molecule has 0 aliphatic heterocycles. The maximum atomic E-state index is 13.5. The van der Waals surface area contributed by atoms with Gasteiger partial charge < -0.3 is 21.2 Å². The summed E-state index contributed by atoms with van der Waals surface area (Å²) in [5, 5.41) is 10.6. The van der Waals surface area contributed by atoms with Gasteiger partial charge in [-0.1, -0.05) is 0 Å². The van der Waals surface area contributed by atoms with E-state index in [0.29, 0.717) is 30.9 Å². The Hall–Kier alpha value is -2.04. The summed E-state index contributed by atoms with van der Waals surface area (Å²) in [6.45, 7) is 3.88. The first-order valence-corrected chi connectivity index (χ1v) is 6.56. The summed E-state index contributed by atoms with van der Waals surface area (Å²) < 4.78 is 19.0. The largest absolute Gasteiger partial charge is 0.490 e. The minimum absolute atomic E-state index is 0.235. The van der Waals surface area contributed by atoms with E-state index in [1.165, 1.54) is 6.07 Å². The van der Waals surface area contributed by atoms with Gasteiger partial charge in [-0.05, 0) is 44.4 Å². The average Bonchev–Trinajstić information content (AvgIpc) is 2.39. The molecule has 4 N–H and O–H groups in total. The molecule has 0 unspecified atom stereocenters. The van der Waals surface area contributed by atoms with Gasteiger partial charge in [0.15, 0.2) is 11.6 Å². The number of nitrogens with one attached hydrogen (secondary N) is 2. The van der Waals surface area contributed by atoms with Gasteiger partial charge in [0.25, 0.3) is 0 Å². The third kappa shape index (κ3) is 4.57. The molecule has 0 bridgehead atoms. The van der Waals surface area contributed by atoms with Crippen LogP contribution in [0.3, 0.4) is 0 Å². The Morgan fingerprint density at radius 3 is 2.65 bits per heavy atom. The van der Waals surface area contributed by atoms with Crippen LogP contribution in [0.25, 0.3) is 0 Å². The van der Waals surface area contributed by atoms with E-state index in [9.17, 15) is 4.39 Å². The molecule has 0 aliphatic rings. The highest BCUT2D eigenvalue weighted by Crippen LogP contribution is 2.22. The molecule has 4 nitrogen and oxygen atoms in total. The Kier molecular flexibility index (Phi) is 6.03. The first-order valence-electron chi connectivity index (χ1n) is 6.56. The minimum atomic E-state index is -0.377. The summed E-state index contributed by atoms with van der Waals surface area (Å²) in [7, 11) is 1.77. The maximum Gasteiger partial charge on any atom is 0.165 e. The third-order valence-corrected chi connectivity index (χ3v) is 2.98. The lowest BCUT2D eigenvalue weighted by atomic mass is 10.0. The molecule has 0 saturated carbocycles. The summed E-state index contributed by atoms with van der Waals surface area (Å²) in [5.74, 6) is -0.142. The highest BCUT2D eigenvalue weighted by Gasteiger charge is 2.06.